The van der Waals surface area contributed by atoms with Crippen molar-refractivity contribution >= 4 is 22.5 Å². The molecule has 3 aromatic carbocycles. The molecule has 0 aliphatic heterocycles. The molecule has 28 heavy (non-hydrogen) atoms. The van der Waals surface area contributed by atoms with Crippen LogP contribution in [0.2, 0.25) is 0 Å². The minimum atomic E-state index is -1.00. The van der Waals surface area contributed by atoms with Crippen LogP contribution in [0, 0.1) is 34.3 Å². The van der Waals surface area contributed by atoms with Crippen LogP contribution < -0.4 is 4.74 Å². The molecule has 0 aromatic heterocycles. The molecular formula is C22H16F2N2OS. The molecule has 0 aliphatic rings. The summed E-state index contributed by atoms with van der Waals surface area (Å²) < 4.78 is 35.6. The molecule has 0 heterocycles. The number of hydrogen-bond donors (Lipinski definition) is 0. The van der Waals surface area contributed by atoms with E-state index in [2.05, 4.69) is 0 Å². The number of hydrogen-bond acceptors (Lipinski definition) is 4. The fraction of sp³-hybridized carbons (Fsp3) is 0.182. The number of benzene rings is 3. The fourth-order valence-corrected chi connectivity index (χ4v) is 3.88. The molecule has 3 nitrogen and oxygen atoms in total. The van der Waals surface area contributed by atoms with Crippen molar-refractivity contribution in [2.45, 2.75) is 29.6 Å². The molecule has 0 amide bonds. The minimum absolute atomic E-state index is 0.125. The Bertz CT molecular complexity index is 1110. The predicted octanol–water partition coefficient (Wildman–Crippen LogP) is 6.19. The van der Waals surface area contributed by atoms with Crippen molar-refractivity contribution in [3.8, 4) is 17.9 Å². The van der Waals surface area contributed by atoms with Gasteiger partial charge in [-0.3, -0.25) is 0 Å². The highest BCUT2D eigenvalue weighted by molar-refractivity contribution is 7.99. The normalized spacial score (nSPS) is 10.5. The van der Waals surface area contributed by atoms with E-state index in [0.29, 0.717) is 11.3 Å². The van der Waals surface area contributed by atoms with Gasteiger partial charge < -0.3 is 4.74 Å². The lowest BCUT2D eigenvalue weighted by atomic mass is 10.1. The molecule has 6 heteroatoms. The lowest BCUT2D eigenvalue weighted by Gasteiger charge is -2.16. The first-order valence-electron chi connectivity index (χ1n) is 8.75. The van der Waals surface area contributed by atoms with Gasteiger partial charge >= 0.3 is 0 Å². The summed E-state index contributed by atoms with van der Waals surface area (Å²) in [5.74, 6) is -2.26. The quantitative estimate of drug-likeness (QED) is 0.468. The van der Waals surface area contributed by atoms with Crippen LogP contribution in [-0.4, -0.2) is 6.61 Å². The van der Waals surface area contributed by atoms with E-state index in [1.54, 1.807) is 18.2 Å². The van der Waals surface area contributed by atoms with E-state index in [4.69, 9.17) is 4.74 Å². The molecule has 0 radical (unpaired) electrons. The molecule has 0 saturated carbocycles. The van der Waals surface area contributed by atoms with E-state index < -0.39 is 22.8 Å². The highest BCUT2D eigenvalue weighted by Crippen LogP contribution is 2.43. The van der Waals surface area contributed by atoms with Crippen LogP contribution in [0.15, 0.2) is 52.3 Å². The average Bonchev–Trinajstić information content (AvgIpc) is 2.72. The van der Waals surface area contributed by atoms with Crippen molar-refractivity contribution in [1.29, 1.82) is 10.5 Å². The van der Waals surface area contributed by atoms with Crippen LogP contribution in [-0.2, 0) is 0 Å². The Hall–Kier alpha value is -3.09. The van der Waals surface area contributed by atoms with Gasteiger partial charge in [0.1, 0.15) is 23.3 Å². The van der Waals surface area contributed by atoms with Crippen LogP contribution in [0.3, 0.4) is 0 Å². The molecule has 0 aliphatic carbocycles. The van der Waals surface area contributed by atoms with Gasteiger partial charge in [0.05, 0.1) is 11.5 Å². The highest BCUT2D eigenvalue weighted by Gasteiger charge is 2.27. The smallest absolute Gasteiger partial charge is 0.185 e. The van der Waals surface area contributed by atoms with Crippen LogP contribution in [0.4, 0.5) is 8.78 Å². The van der Waals surface area contributed by atoms with Crippen molar-refractivity contribution in [2.24, 2.45) is 0 Å². The number of unbranched alkanes of at least 4 members (excludes halogenated alkanes) is 1. The van der Waals surface area contributed by atoms with Gasteiger partial charge in [0, 0.05) is 4.90 Å². The maximum Gasteiger partial charge on any atom is 0.185 e. The molecule has 0 spiro atoms. The van der Waals surface area contributed by atoms with Crippen LogP contribution >= 0.6 is 11.8 Å². The Morgan fingerprint density at radius 1 is 0.964 bits per heavy atom. The number of rotatable bonds is 6. The molecule has 3 rings (SSSR count). The summed E-state index contributed by atoms with van der Waals surface area (Å²) in [6.45, 7) is 2.14. The van der Waals surface area contributed by atoms with Crippen molar-refractivity contribution in [1.82, 2.24) is 0 Å². The van der Waals surface area contributed by atoms with Crippen molar-refractivity contribution in [3.63, 3.8) is 0 Å². The lowest BCUT2D eigenvalue weighted by molar-refractivity contribution is 0.283. The lowest BCUT2D eigenvalue weighted by Crippen LogP contribution is -2.06. The minimum Gasteiger partial charge on any atom is -0.489 e. The molecule has 0 atom stereocenters. The first-order chi connectivity index (χ1) is 13.6. The van der Waals surface area contributed by atoms with Crippen molar-refractivity contribution < 1.29 is 13.5 Å². The zero-order valence-corrected chi connectivity index (χ0v) is 15.9. The van der Waals surface area contributed by atoms with Crippen LogP contribution in [0.1, 0.15) is 30.9 Å². The molecule has 0 bridgehead atoms. The van der Waals surface area contributed by atoms with Crippen molar-refractivity contribution in [3.05, 3.63) is 65.2 Å². The fourth-order valence-electron chi connectivity index (χ4n) is 2.79. The molecule has 3 aromatic rings. The summed E-state index contributed by atoms with van der Waals surface area (Å²) in [5, 5.41) is 20.3. The maximum atomic E-state index is 15.1. The standard InChI is InChI=1S/C22H16F2N2OS/c1-2-3-11-27-21-19(23)16(12-25)17(13-26)20(24)22(21)28-18-10-6-8-14-7-4-5-9-15(14)18/h4-10H,2-3,11H2,1H3. The Labute approximate surface area is 166 Å². The number of halogens is 2. The Morgan fingerprint density at radius 3 is 2.36 bits per heavy atom. The van der Waals surface area contributed by atoms with Gasteiger partial charge in [-0.1, -0.05) is 61.5 Å². The third kappa shape index (κ3) is 3.65. The van der Waals surface area contributed by atoms with Crippen molar-refractivity contribution in [2.75, 3.05) is 6.61 Å². The Kier molecular flexibility index (Phi) is 6.13. The van der Waals surface area contributed by atoms with Gasteiger partial charge in [0.2, 0.25) is 0 Å². The second-order valence-electron chi connectivity index (χ2n) is 6.04. The highest BCUT2D eigenvalue weighted by atomic mass is 32.2. The summed E-state index contributed by atoms with van der Waals surface area (Å²) in [6.07, 6.45) is 1.47. The van der Waals surface area contributed by atoms with Gasteiger partial charge in [-0.25, -0.2) is 8.78 Å². The zero-order valence-electron chi connectivity index (χ0n) is 15.1. The van der Waals surface area contributed by atoms with E-state index in [9.17, 15) is 14.9 Å². The molecule has 0 unspecified atom stereocenters. The summed E-state index contributed by atoms with van der Waals surface area (Å²) in [6, 6.07) is 16.3. The van der Waals surface area contributed by atoms with Gasteiger partial charge in [-0.05, 0) is 23.3 Å². The third-order valence-corrected chi connectivity index (χ3v) is 5.37. The monoisotopic (exact) mass is 394 g/mol. The van der Waals surface area contributed by atoms with E-state index in [1.807, 2.05) is 43.3 Å². The molecule has 0 saturated heterocycles. The van der Waals surface area contributed by atoms with Gasteiger partial charge in [0.15, 0.2) is 17.4 Å². The average molecular weight is 394 g/mol. The topological polar surface area (TPSA) is 56.8 Å². The zero-order chi connectivity index (χ0) is 20.1. The Balaban J connectivity index is 2.19. The van der Waals surface area contributed by atoms with E-state index in [-0.39, 0.29) is 17.3 Å². The number of nitriles is 2. The van der Waals surface area contributed by atoms with E-state index >= 15 is 4.39 Å². The molecular weight excluding hydrogens is 378 g/mol. The van der Waals surface area contributed by atoms with Gasteiger partial charge in [-0.15, -0.1) is 0 Å². The van der Waals surface area contributed by atoms with Gasteiger partial charge in [0.25, 0.3) is 0 Å². The van der Waals surface area contributed by atoms with Gasteiger partial charge in [-0.2, -0.15) is 10.5 Å². The Morgan fingerprint density at radius 2 is 1.64 bits per heavy atom. The number of nitrogens with zero attached hydrogens (tertiary/aromatic N) is 2. The first-order valence-corrected chi connectivity index (χ1v) is 9.57. The number of ether oxygens (including phenoxy) is 1. The summed E-state index contributed by atoms with van der Waals surface area (Å²) in [7, 11) is 0. The maximum absolute atomic E-state index is 15.1. The molecule has 140 valence electrons. The summed E-state index contributed by atoms with van der Waals surface area (Å²) >= 11 is 0.991. The van der Waals surface area contributed by atoms with Crippen LogP contribution in [0.25, 0.3) is 10.8 Å². The van der Waals surface area contributed by atoms with Crippen LogP contribution in [0.5, 0.6) is 5.75 Å². The molecule has 0 N–H and O–H groups in total. The summed E-state index contributed by atoms with van der Waals surface area (Å²) in [4.78, 5) is 0.575. The number of fused-ring (bicyclic) bond motifs is 1. The second kappa shape index (κ2) is 8.73. The predicted molar refractivity (Wildman–Crippen MR) is 104 cm³/mol. The summed E-state index contributed by atoms with van der Waals surface area (Å²) in [5.41, 5.74) is -1.24. The first kappa shape index (κ1) is 19.7. The SMILES string of the molecule is CCCCOc1c(F)c(C#N)c(C#N)c(F)c1Sc1cccc2ccccc12. The second-order valence-corrected chi connectivity index (χ2v) is 7.09. The third-order valence-electron chi connectivity index (χ3n) is 4.22. The van der Waals surface area contributed by atoms with E-state index in [0.717, 1.165) is 29.0 Å². The largest absolute Gasteiger partial charge is 0.489 e. The molecule has 0 fully saturated rings. The van der Waals surface area contributed by atoms with E-state index in [1.165, 1.54) is 0 Å².